The minimum absolute atomic E-state index is 0. The number of H-pyrrole nitrogens is 1. The molecule has 0 saturated carbocycles. The number of aromatic nitrogens is 3. The average molecular weight is 506 g/mol. The zero-order valence-corrected chi connectivity index (χ0v) is 20.6. The smallest absolute Gasteiger partial charge is 0.121 e. The lowest BCUT2D eigenvalue weighted by atomic mass is 9.90. The van der Waals surface area contributed by atoms with Crippen LogP contribution in [-0.4, -0.2) is 26.4 Å². The van der Waals surface area contributed by atoms with Crippen LogP contribution in [0.5, 0.6) is 0 Å². The molecular formula is C27H32BrN5. The quantitative estimate of drug-likeness (QED) is 0.331. The first-order valence-electron chi connectivity index (χ1n) is 11.7. The van der Waals surface area contributed by atoms with E-state index in [1.54, 1.807) is 0 Å². The molecular weight excluding hydrogens is 474 g/mol. The Kier molecular flexibility index (Phi) is 7.91. The normalized spacial score (nSPS) is 15.4. The van der Waals surface area contributed by atoms with Crippen LogP contribution in [0.25, 0.3) is 11.0 Å². The van der Waals surface area contributed by atoms with Crippen molar-refractivity contribution in [3.05, 3.63) is 95.1 Å². The third kappa shape index (κ3) is 5.52. The van der Waals surface area contributed by atoms with E-state index in [0.29, 0.717) is 6.04 Å². The number of nitrogens with two attached hydrogens (primary N) is 1. The van der Waals surface area contributed by atoms with Crippen molar-refractivity contribution in [1.82, 2.24) is 19.9 Å². The van der Waals surface area contributed by atoms with Gasteiger partial charge in [0.05, 0.1) is 29.3 Å². The van der Waals surface area contributed by atoms with Gasteiger partial charge in [-0.3, -0.25) is 9.88 Å². The molecule has 5 nitrogen and oxygen atoms in total. The van der Waals surface area contributed by atoms with Gasteiger partial charge in [-0.1, -0.05) is 42.5 Å². The lowest BCUT2D eigenvalue weighted by Gasteiger charge is -2.34. The highest BCUT2D eigenvalue weighted by Gasteiger charge is 2.28. The van der Waals surface area contributed by atoms with E-state index >= 15 is 0 Å². The van der Waals surface area contributed by atoms with E-state index in [1.165, 1.54) is 28.8 Å². The summed E-state index contributed by atoms with van der Waals surface area (Å²) in [5, 5.41) is 0. The minimum atomic E-state index is 0. The largest absolute Gasteiger partial charge is 0.341 e. The molecule has 4 aromatic rings. The van der Waals surface area contributed by atoms with Gasteiger partial charge in [0.2, 0.25) is 0 Å². The number of rotatable bonds is 8. The van der Waals surface area contributed by atoms with Gasteiger partial charge >= 0.3 is 0 Å². The number of para-hydroxylation sites is 2. The van der Waals surface area contributed by atoms with Crippen molar-refractivity contribution < 1.29 is 0 Å². The van der Waals surface area contributed by atoms with Gasteiger partial charge in [-0.2, -0.15) is 0 Å². The van der Waals surface area contributed by atoms with Crippen LogP contribution in [0.3, 0.4) is 0 Å². The summed E-state index contributed by atoms with van der Waals surface area (Å²) >= 11 is 0. The number of hydrogen-bond donors (Lipinski definition) is 2. The summed E-state index contributed by atoms with van der Waals surface area (Å²) in [7, 11) is 0. The summed E-state index contributed by atoms with van der Waals surface area (Å²) in [6.45, 7) is 2.38. The first-order chi connectivity index (χ1) is 15.8. The molecule has 0 aliphatic heterocycles. The van der Waals surface area contributed by atoms with Gasteiger partial charge < -0.3 is 10.7 Å². The summed E-state index contributed by atoms with van der Waals surface area (Å²) in [5.41, 5.74) is 13.1. The predicted molar refractivity (Wildman–Crippen MR) is 139 cm³/mol. The zero-order valence-electron chi connectivity index (χ0n) is 18.9. The molecule has 5 rings (SSSR count). The summed E-state index contributed by atoms with van der Waals surface area (Å²) in [6, 6.07) is 21.9. The molecule has 172 valence electrons. The van der Waals surface area contributed by atoms with Crippen molar-refractivity contribution >= 4 is 28.0 Å². The fraction of sp³-hybridized carbons (Fsp3) is 0.333. The van der Waals surface area contributed by atoms with Gasteiger partial charge in [-0.25, -0.2) is 4.98 Å². The standard InChI is InChI=1S/C27H31N5.BrH/c28-16-4-6-20-12-14-21(15-13-20)18-32(19-26-30-23-9-1-2-10-24(23)31-26)25-11-3-7-22-8-5-17-29-27(22)25;/h1-2,5,8-10,12-15,17,25H,3-4,6-7,11,16,18-19,28H2,(H,30,31);1H. The van der Waals surface area contributed by atoms with Crippen LogP contribution in [0, 0.1) is 0 Å². The van der Waals surface area contributed by atoms with Crippen LogP contribution in [0.4, 0.5) is 0 Å². The summed E-state index contributed by atoms with van der Waals surface area (Å²) < 4.78 is 0. The number of halogens is 1. The molecule has 1 aliphatic carbocycles. The van der Waals surface area contributed by atoms with Gasteiger partial charge in [0.25, 0.3) is 0 Å². The van der Waals surface area contributed by atoms with E-state index in [2.05, 4.69) is 64.5 Å². The summed E-state index contributed by atoms with van der Waals surface area (Å²) in [5.74, 6) is 1.01. The molecule has 2 aromatic heterocycles. The molecule has 2 heterocycles. The molecule has 0 fully saturated rings. The van der Waals surface area contributed by atoms with Gasteiger partial charge in [-0.15, -0.1) is 17.0 Å². The highest BCUT2D eigenvalue weighted by atomic mass is 79.9. The first-order valence-corrected chi connectivity index (χ1v) is 11.7. The van der Waals surface area contributed by atoms with Gasteiger partial charge in [0.15, 0.2) is 0 Å². The second kappa shape index (κ2) is 11.1. The molecule has 1 aliphatic rings. The Bertz CT molecular complexity index is 1140. The Balaban J connectivity index is 0.00000259. The van der Waals surface area contributed by atoms with E-state index in [1.807, 2.05) is 12.3 Å². The molecule has 0 spiro atoms. The maximum Gasteiger partial charge on any atom is 0.121 e. The van der Waals surface area contributed by atoms with Crippen LogP contribution in [0.1, 0.15) is 53.5 Å². The lowest BCUT2D eigenvalue weighted by molar-refractivity contribution is 0.153. The highest BCUT2D eigenvalue weighted by molar-refractivity contribution is 8.93. The number of benzene rings is 2. The van der Waals surface area contributed by atoms with E-state index in [-0.39, 0.29) is 17.0 Å². The maximum atomic E-state index is 5.67. The fourth-order valence-electron chi connectivity index (χ4n) is 4.84. The van der Waals surface area contributed by atoms with Crippen LogP contribution >= 0.6 is 17.0 Å². The Morgan fingerprint density at radius 2 is 1.79 bits per heavy atom. The Labute approximate surface area is 206 Å². The van der Waals surface area contributed by atoms with E-state index in [4.69, 9.17) is 15.7 Å². The van der Waals surface area contributed by atoms with Crippen molar-refractivity contribution in [3.8, 4) is 0 Å². The number of aromatic amines is 1. The Hall–Kier alpha value is -2.54. The number of hydrogen-bond acceptors (Lipinski definition) is 4. The minimum Gasteiger partial charge on any atom is -0.341 e. The van der Waals surface area contributed by atoms with Crippen LogP contribution in [-0.2, 0) is 25.9 Å². The highest BCUT2D eigenvalue weighted by Crippen LogP contribution is 2.34. The van der Waals surface area contributed by atoms with Crippen LogP contribution < -0.4 is 5.73 Å². The molecule has 0 radical (unpaired) electrons. The zero-order chi connectivity index (χ0) is 21.8. The van der Waals surface area contributed by atoms with Crippen molar-refractivity contribution in [3.63, 3.8) is 0 Å². The topological polar surface area (TPSA) is 70.8 Å². The number of nitrogens with zero attached hydrogens (tertiary/aromatic N) is 3. The predicted octanol–water partition coefficient (Wildman–Crippen LogP) is 5.51. The summed E-state index contributed by atoms with van der Waals surface area (Å²) in [6.07, 6.45) is 7.44. The Morgan fingerprint density at radius 3 is 2.61 bits per heavy atom. The number of nitrogens with one attached hydrogen (secondary N) is 1. The van der Waals surface area contributed by atoms with Gasteiger partial charge in [0.1, 0.15) is 5.82 Å². The van der Waals surface area contributed by atoms with E-state index < -0.39 is 0 Å². The number of fused-ring (bicyclic) bond motifs is 2. The lowest BCUT2D eigenvalue weighted by Crippen LogP contribution is -2.31. The molecule has 0 bridgehead atoms. The van der Waals surface area contributed by atoms with Crippen molar-refractivity contribution in [2.75, 3.05) is 6.54 Å². The van der Waals surface area contributed by atoms with Crippen LogP contribution in [0.2, 0.25) is 0 Å². The molecule has 1 atom stereocenters. The number of pyridine rings is 1. The fourth-order valence-corrected chi connectivity index (χ4v) is 4.84. The van der Waals surface area contributed by atoms with E-state index in [9.17, 15) is 0 Å². The van der Waals surface area contributed by atoms with Crippen molar-refractivity contribution in [2.45, 2.75) is 51.2 Å². The number of aryl methyl sites for hydroxylation is 2. The molecule has 1 unspecified atom stereocenters. The summed E-state index contributed by atoms with van der Waals surface area (Å²) in [4.78, 5) is 15.7. The van der Waals surface area contributed by atoms with Gasteiger partial charge in [0, 0.05) is 12.7 Å². The Morgan fingerprint density at radius 1 is 0.970 bits per heavy atom. The molecule has 6 heteroatoms. The SMILES string of the molecule is Br.NCCCc1ccc(CN(Cc2nc3ccccc3[nH]2)C2CCCc3cccnc32)cc1. The van der Waals surface area contributed by atoms with Crippen molar-refractivity contribution in [1.29, 1.82) is 0 Å². The second-order valence-electron chi connectivity index (χ2n) is 8.77. The maximum absolute atomic E-state index is 5.67. The average Bonchev–Trinajstić information content (AvgIpc) is 3.25. The molecule has 33 heavy (non-hydrogen) atoms. The van der Waals surface area contributed by atoms with Gasteiger partial charge in [-0.05, 0) is 73.5 Å². The third-order valence-corrected chi connectivity index (χ3v) is 6.48. The van der Waals surface area contributed by atoms with Crippen molar-refractivity contribution in [2.24, 2.45) is 5.73 Å². The monoisotopic (exact) mass is 505 g/mol. The molecule has 3 N–H and O–H groups in total. The molecule has 0 amide bonds. The molecule has 0 saturated heterocycles. The number of imidazole rings is 1. The molecule has 2 aromatic carbocycles. The van der Waals surface area contributed by atoms with Crippen LogP contribution in [0.15, 0.2) is 66.9 Å². The second-order valence-corrected chi connectivity index (χ2v) is 8.77. The third-order valence-electron chi connectivity index (χ3n) is 6.48. The first kappa shape index (κ1) is 23.6. The van der Waals surface area contributed by atoms with E-state index in [0.717, 1.165) is 62.2 Å².